The lowest BCUT2D eigenvalue weighted by Crippen LogP contribution is -2.22. The lowest BCUT2D eigenvalue weighted by Gasteiger charge is -2.19. The SMILES string of the molecule is CCNC(c1cncc(C)c1)c1cccc(I)c1. The van der Waals surface area contributed by atoms with Gasteiger partial charge in [-0.05, 0) is 64.9 Å². The summed E-state index contributed by atoms with van der Waals surface area (Å²) in [6.45, 7) is 5.14. The Bertz CT molecular complexity index is 480. The van der Waals surface area contributed by atoms with E-state index in [-0.39, 0.29) is 6.04 Å². The number of rotatable bonds is 4. The molecule has 0 bridgehead atoms. The maximum Gasteiger partial charge on any atom is 0.0592 e. The summed E-state index contributed by atoms with van der Waals surface area (Å²) in [7, 11) is 0. The molecule has 0 saturated carbocycles. The first kappa shape index (κ1) is 13.5. The zero-order valence-electron chi connectivity index (χ0n) is 10.7. The van der Waals surface area contributed by atoms with E-state index in [0.717, 1.165) is 6.54 Å². The van der Waals surface area contributed by atoms with Gasteiger partial charge in [-0.15, -0.1) is 0 Å². The molecule has 3 heteroatoms. The number of aryl methyl sites for hydroxylation is 1. The summed E-state index contributed by atoms with van der Waals surface area (Å²) in [5, 5.41) is 3.53. The number of pyridine rings is 1. The molecule has 1 unspecified atom stereocenters. The molecule has 1 aromatic carbocycles. The Morgan fingerprint density at radius 2 is 2.06 bits per heavy atom. The van der Waals surface area contributed by atoms with Crippen LogP contribution in [0.15, 0.2) is 42.7 Å². The number of aromatic nitrogens is 1. The van der Waals surface area contributed by atoms with Crippen LogP contribution in [-0.2, 0) is 0 Å². The van der Waals surface area contributed by atoms with Gasteiger partial charge >= 0.3 is 0 Å². The van der Waals surface area contributed by atoms with Crippen molar-refractivity contribution < 1.29 is 0 Å². The van der Waals surface area contributed by atoms with Gasteiger partial charge in [-0.2, -0.15) is 0 Å². The number of nitrogens with one attached hydrogen (secondary N) is 1. The van der Waals surface area contributed by atoms with Gasteiger partial charge in [0.05, 0.1) is 6.04 Å². The first-order valence-electron chi connectivity index (χ1n) is 6.11. The van der Waals surface area contributed by atoms with Gasteiger partial charge in [-0.3, -0.25) is 4.98 Å². The van der Waals surface area contributed by atoms with Gasteiger partial charge in [-0.25, -0.2) is 0 Å². The summed E-state index contributed by atoms with van der Waals surface area (Å²) < 4.78 is 1.26. The summed E-state index contributed by atoms with van der Waals surface area (Å²) >= 11 is 2.35. The predicted octanol–water partition coefficient (Wildman–Crippen LogP) is 3.69. The molecule has 94 valence electrons. The summed E-state index contributed by atoms with van der Waals surface area (Å²) in [6, 6.07) is 11.0. The van der Waals surface area contributed by atoms with Crippen LogP contribution in [-0.4, -0.2) is 11.5 Å². The topological polar surface area (TPSA) is 24.9 Å². The molecule has 1 aromatic heterocycles. The van der Waals surface area contributed by atoms with Crippen molar-refractivity contribution in [1.29, 1.82) is 0 Å². The molecular weight excluding hydrogens is 335 g/mol. The van der Waals surface area contributed by atoms with E-state index in [4.69, 9.17) is 0 Å². The van der Waals surface area contributed by atoms with Crippen molar-refractivity contribution in [3.05, 3.63) is 63.0 Å². The second-order valence-corrected chi connectivity index (χ2v) is 5.59. The molecular formula is C15H17IN2. The van der Waals surface area contributed by atoms with E-state index in [9.17, 15) is 0 Å². The molecule has 0 amide bonds. The molecule has 0 radical (unpaired) electrons. The minimum Gasteiger partial charge on any atom is -0.306 e. The fraction of sp³-hybridized carbons (Fsp3) is 0.267. The Morgan fingerprint density at radius 3 is 2.72 bits per heavy atom. The third-order valence-electron chi connectivity index (χ3n) is 2.82. The quantitative estimate of drug-likeness (QED) is 0.849. The molecule has 2 rings (SSSR count). The monoisotopic (exact) mass is 352 g/mol. The van der Waals surface area contributed by atoms with E-state index < -0.39 is 0 Å². The molecule has 18 heavy (non-hydrogen) atoms. The lowest BCUT2D eigenvalue weighted by atomic mass is 9.99. The van der Waals surface area contributed by atoms with E-state index in [1.165, 1.54) is 20.3 Å². The minimum atomic E-state index is 0.220. The van der Waals surface area contributed by atoms with Gasteiger partial charge < -0.3 is 5.32 Å². The molecule has 0 saturated heterocycles. The first-order valence-corrected chi connectivity index (χ1v) is 7.19. The molecule has 2 nitrogen and oxygen atoms in total. The zero-order chi connectivity index (χ0) is 13.0. The van der Waals surface area contributed by atoms with Crippen molar-refractivity contribution in [2.75, 3.05) is 6.54 Å². The average molecular weight is 352 g/mol. The average Bonchev–Trinajstić information content (AvgIpc) is 2.36. The molecule has 0 aliphatic carbocycles. The number of nitrogens with zero attached hydrogens (tertiary/aromatic N) is 1. The van der Waals surface area contributed by atoms with Crippen LogP contribution in [0.1, 0.15) is 29.7 Å². The fourth-order valence-electron chi connectivity index (χ4n) is 2.05. The third-order valence-corrected chi connectivity index (χ3v) is 3.49. The van der Waals surface area contributed by atoms with Gasteiger partial charge in [0.15, 0.2) is 0 Å². The second kappa shape index (κ2) is 6.29. The van der Waals surface area contributed by atoms with E-state index in [2.05, 4.69) is 77.1 Å². The van der Waals surface area contributed by atoms with Gasteiger partial charge in [-0.1, -0.05) is 25.1 Å². The maximum atomic E-state index is 4.29. The van der Waals surface area contributed by atoms with Gasteiger partial charge in [0.2, 0.25) is 0 Å². The molecule has 1 N–H and O–H groups in total. The maximum absolute atomic E-state index is 4.29. The van der Waals surface area contributed by atoms with Crippen molar-refractivity contribution in [1.82, 2.24) is 10.3 Å². The van der Waals surface area contributed by atoms with Crippen LogP contribution in [0.4, 0.5) is 0 Å². The van der Waals surface area contributed by atoms with Gasteiger partial charge in [0, 0.05) is 16.0 Å². The Hall–Kier alpha value is -0.940. The molecule has 2 aromatic rings. The smallest absolute Gasteiger partial charge is 0.0592 e. The molecule has 0 aliphatic rings. The second-order valence-electron chi connectivity index (χ2n) is 4.34. The standard InChI is InChI=1S/C15H17IN2/c1-3-18-15(12-5-4-6-14(16)8-12)13-7-11(2)9-17-10-13/h4-10,15,18H,3H2,1-2H3. The van der Waals surface area contributed by atoms with Gasteiger partial charge in [0.25, 0.3) is 0 Å². The number of halogens is 1. The van der Waals surface area contributed by atoms with Crippen LogP contribution < -0.4 is 5.32 Å². The Labute approximate surface area is 122 Å². The minimum absolute atomic E-state index is 0.220. The van der Waals surface area contributed by atoms with Crippen molar-refractivity contribution in [2.24, 2.45) is 0 Å². The highest BCUT2D eigenvalue weighted by Crippen LogP contribution is 2.23. The van der Waals surface area contributed by atoms with Crippen LogP contribution in [0.5, 0.6) is 0 Å². The van der Waals surface area contributed by atoms with Gasteiger partial charge in [0.1, 0.15) is 0 Å². The van der Waals surface area contributed by atoms with Crippen LogP contribution in [0.2, 0.25) is 0 Å². The van der Waals surface area contributed by atoms with Crippen LogP contribution in [0.25, 0.3) is 0 Å². The van der Waals surface area contributed by atoms with E-state index in [1.807, 2.05) is 12.4 Å². The summed E-state index contributed by atoms with van der Waals surface area (Å²) in [5.41, 5.74) is 3.70. The summed E-state index contributed by atoms with van der Waals surface area (Å²) in [5.74, 6) is 0. The van der Waals surface area contributed by atoms with E-state index >= 15 is 0 Å². The molecule has 1 atom stereocenters. The highest BCUT2D eigenvalue weighted by molar-refractivity contribution is 14.1. The van der Waals surface area contributed by atoms with Crippen molar-refractivity contribution in [3.8, 4) is 0 Å². The Balaban J connectivity index is 2.39. The van der Waals surface area contributed by atoms with E-state index in [0.29, 0.717) is 0 Å². The third kappa shape index (κ3) is 3.29. The first-order chi connectivity index (χ1) is 8.70. The highest BCUT2D eigenvalue weighted by Gasteiger charge is 2.13. The fourth-order valence-corrected chi connectivity index (χ4v) is 2.62. The number of hydrogen-bond acceptors (Lipinski definition) is 2. The Kier molecular flexibility index (Phi) is 4.72. The number of hydrogen-bond donors (Lipinski definition) is 1. The summed E-state index contributed by atoms with van der Waals surface area (Å²) in [6.07, 6.45) is 3.83. The predicted molar refractivity (Wildman–Crippen MR) is 83.7 cm³/mol. The molecule has 0 fully saturated rings. The number of benzene rings is 1. The Morgan fingerprint density at radius 1 is 1.22 bits per heavy atom. The van der Waals surface area contributed by atoms with Crippen LogP contribution in [0.3, 0.4) is 0 Å². The normalized spacial score (nSPS) is 12.4. The summed E-state index contributed by atoms with van der Waals surface area (Å²) in [4.78, 5) is 4.29. The lowest BCUT2D eigenvalue weighted by molar-refractivity contribution is 0.628. The van der Waals surface area contributed by atoms with Crippen molar-refractivity contribution in [3.63, 3.8) is 0 Å². The van der Waals surface area contributed by atoms with Crippen LogP contribution >= 0.6 is 22.6 Å². The van der Waals surface area contributed by atoms with Crippen molar-refractivity contribution in [2.45, 2.75) is 19.9 Å². The molecule has 0 aliphatic heterocycles. The molecule has 1 heterocycles. The van der Waals surface area contributed by atoms with Crippen LogP contribution in [0, 0.1) is 10.5 Å². The largest absolute Gasteiger partial charge is 0.306 e. The van der Waals surface area contributed by atoms with Crippen molar-refractivity contribution >= 4 is 22.6 Å². The zero-order valence-corrected chi connectivity index (χ0v) is 12.8. The molecule has 0 spiro atoms. The highest BCUT2D eigenvalue weighted by atomic mass is 127. The van der Waals surface area contributed by atoms with E-state index in [1.54, 1.807) is 0 Å².